The minimum Gasteiger partial charge on any atom is -0.494 e. The molecule has 0 radical (unpaired) electrons. The van der Waals surface area contributed by atoms with E-state index in [-0.39, 0.29) is 11.3 Å². The Kier molecular flexibility index (Phi) is 4.68. The van der Waals surface area contributed by atoms with E-state index in [1.165, 1.54) is 34.2 Å². The molecule has 0 fully saturated rings. The third-order valence-electron chi connectivity index (χ3n) is 3.56. The first-order valence-electron chi connectivity index (χ1n) is 7.01. The molecule has 1 aromatic carbocycles. The highest BCUT2D eigenvalue weighted by molar-refractivity contribution is 6.02. The molecule has 24 heavy (non-hydrogen) atoms. The maximum atomic E-state index is 12.3. The summed E-state index contributed by atoms with van der Waals surface area (Å²) in [5, 5.41) is 10.1. The van der Waals surface area contributed by atoms with Crippen molar-refractivity contribution in [2.75, 3.05) is 7.11 Å². The lowest BCUT2D eigenvalue weighted by Gasteiger charge is -2.10. The number of esters is 1. The minimum absolute atomic E-state index is 0.0805. The van der Waals surface area contributed by atoms with Crippen molar-refractivity contribution in [1.82, 2.24) is 9.13 Å². The summed E-state index contributed by atoms with van der Waals surface area (Å²) < 4.78 is 6.49. The van der Waals surface area contributed by atoms with E-state index in [4.69, 9.17) is 0 Å². The molecule has 0 aliphatic carbocycles. The van der Waals surface area contributed by atoms with Gasteiger partial charge in [0.2, 0.25) is 5.88 Å². The van der Waals surface area contributed by atoms with E-state index in [1.54, 1.807) is 18.2 Å². The van der Waals surface area contributed by atoms with Gasteiger partial charge in [-0.15, -0.1) is 0 Å². The standard InChI is InChI=1S/C16H17N3O5/c1-9(12-13(20)18(2)16(23)19(3)14(12)21)17-11-7-5-6-10(8-11)15(22)24-4/h5-8,20H,1-4H3. The molecule has 0 unspecified atom stereocenters. The molecule has 0 aliphatic heterocycles. The molecule has 1 aromatic heterocycles. The molecule has 0 amide bonds. The van der Waals surface area contributed by atoms with Crippen LogP contribution in [0.3, 0.4) is 0 Å². The number of benzene rings is 1. The number of aromatic hydroxyl groups is 1. The number of methoxy groups -OCH3 is 1. The Morgan fingerprint density at radius 1 is 1.21 bits per heavy atom. The topological polar surface area (TPSA) is 103 Å². The second-order valence-corrected chi connectivity index (χ2v) is 5.14. The summed E-state index contributed by atoms with van der Waals surface area (Å²) in [6.07, 6.45) is 0. The van der Waals surface area contributed by atoms with Crippen LogP contribution in [0.15, 0.2) is 38.8 Å². The Morgan fingerprint density at radius 2 is 1.88 bits per heavy atom. The normalized spacial score (nSPS) is 11.4. The molecular formula is C16H17N3O5. The first-order valence-corrected chi connectivity index (χ1v) is 7.01. The number of hydrogen-bond donors (Lipinski definition) is 1. The maximum absolute atomic E-state index is 12.3. The average molecular weight is 331 g/mol. The number of aromatic nitrogens is 2. The lowest BCUT2D eigenvalue weighted by atomic mass is 10.2. The molecule has 0 spiro atoms. The minimum atomic E-state index is -0.652. The number of aliphatic imine (C=N–C) groups is 1. The van der Waals surface area contributed by atoms with Crippen molar-refractivity contribution in [3.63, 3.8) is 0 Å². The third-order valence-corrected chi connectivity index (χ3v) is 3.56. The lowest BCUT2D eigenvalue weighted by Crippen LogP contribution is -2.39. The average Bonchev–Trinajstić information content (AvgIpc) is 2.57. The van der Waals surface area contributed by atoms with Gasteiger partial charge in [0, 0.05) is 14.1 Å². The van der Waals surface area contributed by atoms with Crippen LogP contribution in [0.4, 0.5) is 5.69 Å². The van der Waals surface area contributed by atoms with Gasteiger partial charge in [-0.05, 0) is 25.1 Å². The number of carbonyl (C=O) groups is 1. The van der Waals surface area contributed by atoms with E-state index in [0.717, 1.165) is 9.13 Å². The maximum Gasteiger partial charge on any atom is 0.337 e. The van der Waals surface area contributed by atoms with Crippen LogP contribution in [0.25, 0.3) is 0 Å². The van der Waals surface area contributed by atoms with Gasteiger partial charge in [-0.25, -0.2) is 9.59 Å². The Labute approximate surface area is 137 Å². The summed E-state index contributed by atoms with van der Waals surface area (Å²) >= 11 is 0. The fourth-order valence-corrected chi connectivity index (χ4v) is 2.22. The van der Waals surface area contributed by atoms with Crippen LogP contribution in [-0.2, 0) is 18.8 Å². The van der Waals surface area contributed by atoms with E-state index >= 15 is 0 Å². The van der Waals surface area contributed by atoms with Gasteiger partial charge >= 0.3 is 11.7 Å². The van der Waals surface area contributed by atoms with Gasteiger partial charge in [0.05, 0.1) is 24.1 Å². The van der Waals surface area contributed by atoms with Gasteiger partial charge in [-0.1, -0.05) is 6.07 Å². The number of nitrogens with zero attached hydrogens (tertiary/aromatic N) is 3. The predicted molar refractivity (Wildman–Crippen MR) is 88.2 cm³/mol. The quantitative estimate of drug-likeness (QED) is 0.659. The summed E-state index contributed by atoms with van der Waals surface area (Å²) in [6, 6.07) is 6.33. The predicted octanol–water partition coefficient (Wildman–Crippen LogP) is 0.717. The van der Waals surface area contributed by atoms with Crippen LogP contribution >= 0.6 is 0 Å². The first kappa shape index (κ1) is 17.2. The van der Waals surface area contributed by atoms with Crippen LogP contribution in [0.5, 0.6) is 5.88 Å². The number of carbonyl (C=O) groups excluding carboxylic acids is 1. The Bertz CT molecular complexity index is 953. The molecule has 1 heterocycles. The highest BCUT2D eigenvalue weighted by Gasteiger charge is 2.17. The Hall–Kier alpha value is -3.16. The van der Waals surface area contributed by atoms with Crippen molar-refractivity contribution in [2.45, 2.75) is 6.92 Å². The Morgan fingerprint density at radius 3 is 2.50 bits per heavy atom. The summed E-state index contributed by atoms with van der Waals surface area (Å²) in [5.41, 5.74) is -0.439. The van der Waals surface area contributed by atoms with Crippen molar-refractivity contribution in [3.05, 3.63) is 56.2 Å². The second kappa shape index (κ2) is 6.53. The van der Waals surface area contributed by atoms with Gasteiger partial charge in [-0.2, -0.15) is 0 Å². The molecular weight excluding hydrogens is 314 g/mol. The monoisotopic (exact) mass is 331 g/mol. The van der Waals surface area contributed by atoms with Crippen molar-refractivity contribution in [3.8, 4) is 5.88 Å². The van der Waals surface area contributed by atoms with Crippen LogP contribution in [0.2, 0.25) is 0 Å². The highest BCUT2D eigenvalue weighted by atomic mass is 16.5. The third kappa shape index (κ3) is 2.98. The molecule has 2 aromatic rings. The molecule has 1 N–H and O–H groups in total. The molecule has 8 nitrogen and oxygen atoms in total. The van der Waals surface area contributed by atoms with Crippen molar-refractivity contribution >= 4 is 17.4 Å². The van der Waals surface area contributed by atoms with E-state index < -0.39 is 23.1 Å². The highest BCUT2D eigenvalue weighted by Crippen LogP contribution is 2.18. The van der Waals surface area contributed by atoms with Crippen LogP contribution in [0.1, 0.15) is 22.8 Å². The van der Waals surface area contributed by atoms with E-state index in [2.05, 4.69) is 9.73 Å². The van der Waals surface area contributed by atoms with Gasteiger partial charge < -0.3 is 9.84 Å². The summed E-state index contributed by atoms with van der Waals surface area (Å²) in [6.45, 7) is 1.53. The summed E-state index contributed by atoms with van der Waals surface area (Å²) in [4.78, 5) is 39.8. The van der Waals surface area contributed by atoms with Crippen molar-refractivity contribution < 1.29 is 14.6 Å². The number of rotatable bonds is 3. The van der Waals surface area contributed by atoms with Gasteiger partial charge in [0.25, 0.3) is 5.56 Å². The molecule has 0 aliphatic rings. The molecule has 0 atom stereocenters. The first-order chi connectivity index (χ1) is 11.3. The molecule has 0 saturated carbocycles. The van der Waals surface area contributed by atoms with Crippen LogP contribution < -0.4 is 11.2 Å². The van der Waals surface area contributed by atoms with E-state index in [1.807, 2.05) is 0 Å². The smallest absolute Gasteiger partial charge is 0.337 e. The van der Waals surface area contributed by atoms with Gasteiger partial charge in [0.1, 0.15) is 5.56 Å². The summed E-state index contributed by atoms with van der Waals surface area (Å²) in [7, 11) is 3.94. The fourth-order valence-electron chi connectivity index (χ4n) is 2.22. The lowest BCUT2D eigenvalue weighted by molar-refractivity contribution is 0.0601. The molecule has 2 rings (SSSR count). The molecule has 126 valence electrons. The number of hydrogen-bond acceptors (Lipinski definition) is 6. The fraction of sp³-hybridized carbons (Fsp3) is 0.250. The van der Waals surface area contributed by atoms with Gasteiger partial charge in [-0.3, -0.25) is 18.9 Å². The van der Waals surface area contributed by atoms with Crippen LogP contribution in [-0.4, -0.2) is 33.0 Å². The van der Waals surface area contributed by atoms with Gasteiger partial charge in [0.15, 0.2) is 0 Å². The van der Waals surface area contributed by atoms with Crippen molar-refractivity contribution in [2.24, 2.45) is 19.1 Å². The molecule has 0 bridgehead atoms. The number of ether oxygens (including phenoxy) is 1. The molecule has 8 heteroatoms. The van der Waals surface area contributed by atoms with E-state index in [9.17, 15) is 19.5 Å². The largest absolute Gasteiger partial charge is 0.494 e. The molecule has 0 saturated heterocycles. The zero-order valence-electron chi connectivity index (χ0n) is 13.7. The second-order valence-electron chi connectivity index (χ2n) is 5.14. The SMILES string of the molecule is COC(=O)c1cccc(N=C(C)c2c(O)n(C)c(=O)n(C)c2=O)c1. The Balaban J connectivity index is 2.60. The van der Waals surface area contributed by atoms with Crippen LogP contribution in [0, 0.1) is 0 Å². The van der Waals surface area contributed by atoms with E-state index in [0.29, 0.717) is 11.3 Å². The zero-order valence-corrected chi connectivity index (χ0v) is 13.7. The zero-order chi connectivity index (χ0) is 18.0. The summed E-state index contributed by atoms with van der Waals surface area (Å²) in [5.74, 6) is -0.973. The van der Waals surface area contributed by atoms with Crippen molar-refractivity contribution in [1.29, 1.82) is 0 Å².